The van der Waals surface area contributed by atoms with Gasteiger partial charge >= 0.3 is 6.09 Å². The van der Waals surface area contributed by atoms with E-state index in [-0.39, 0.29) is 16.7 Å². The molecule has 1 heterocycles. The molecule has 0 aromatic rings. The largest absolute Gasteiger partial charge is 0.450 e. The minimum absolute atomic E-state index is 0.164. The number of hydrogen-bond donors (Lipinski definition) is 0. The highest BCUT2D eigenvalue weighted by Gasteiger charge is 2.25. The molecule has 1 aliphatic rings. The van der Waals surface area contributed by atoms with E-state index in [1.54, 1.807) is 11.8 Å². The first-order chi connectivity index (χ1) is 6.65. The van der Waals surface area contributed by atoms with Crippen LogP contribution in [0.5, 0.6) is 0 Å². The summed E-state index contributed by atoms with van der Waals surface area (Å²) in [5.74, 6) is 0.164. The van der Waals surface area contributed by atoms with Crippen LogP contribution in [0.15, 0.2) is 0 Å². The lowest BCUT2D eigenvalue weighted by molar-refractivity contribution is -0.118. The summed E-state index contributed by atoms with van der Waals surface area (Å²) in [6.07, 6.45) is 0.928. The lowest BCUT2D eigenvalue weighted by atomic mass is 10.2. The highest BCUT2D eigenvalue weighted by molar-refractivity contribution is 9.10. The smallest absolute Gasteiger partial charge is 0.409 e. The molecular weight excluding hydrogens is 250 g/mol. The summed E-state index contributed by atoms with van der Waals surface area (Å²) < 4.78 is 4.88. The number of ketones is 1. The lowest BCUT2D eigenvalue weighted by Crippen LogP contribution is -2.36. The van der Waals surface area contributed by atoms with Crippen LogP contribution < -0.4 is 0 Å². The van der Waals surface area contributed by atoms with E-state index in [2.05, 4.69) is 15.9 Å². The SMILES string of the molecule is CCOC(=O)N1CCCC(=O)C(Br)C1. The molecule has 1 rings (SSSR count). The fraction of sp³-hybridized carbons (Fsp3) is 0.778. The lowest BCUT2D eigenvalue weighted by Gasteiger charge is -2.20. The van der Waals surface area contributed by atoms with Crippen LogP contribution in [0, 0.1) is 0 Å². The van der Waals surface area contributed by atoms with Crippen molar-refractivity contribution in [1.82, 2.24) is 4.90 Å². The standard InChI is InChI=1S/C9H14BrNO3/c1-2-14-9(13)11-5-3-4-8(12)7(10)6-11/h7H,2-6H2,1H3. The van der Waals surface area contributed by atoms with Crippen LogP contribution in [0.1, 0.15) is 19.8 Å². The average Bonchev–Trinajstić information content (AvgIpc) is 2.30. The van der Waals surface area contributed by atoms with Crippen molar-refractivity contribution in [3.05, 3.63) is 0 Å². The first-order valence-corrected chi connectivity index (χ1v) is 5.65. The zero-order chi connectivity index (χ0) is 10.6. The minimum atomic E-state index is -0.327. The van der Waals surface area contributed by atoms with Crippen LogP contribution in [0.4, 0.5) is 4.79 Å². The predicted octanol–water partition coefficient (Wildman–Crippen LogP) is 1.57. The molecule has 80 valence electrons. The Bertz CT molecular complexity index is 232. The molecule has 0 aromatic heterocycles. The molecule has 0 radical (unpaired) electrons. The number of ether oxygens (including phenoxy) is 1. The first kappa shape index (κ1) is 11.5. The molecule has 4 nitrogen and oxygen atoms in total. The van der Waals surface area contributed by atoms with Gasteiger partial charge in [0.1, 0.15) is 5.78 Å². The molecule has 0 saturated carbocycles. The number of alkyl halides is 1. The third-order valence-electron chi connectivity index (χ3n) is 2.11. The second-order valence-corrected chi connectivity index (χ2v) is 4.29. The Kier molecular flexibility index (Phi) is 4.38. The molecule has 1 amide bonds. The van der Waals surface area contributed by atoms with Gasteiger partial charge in [-0.15, -0.1) is 0 Å². The van der Waals surface area contributed by atoms with Gasteiger partial charge in [-0.3, -0.25) is 4.79 Å². The van der Waals surface area contributed by atoms with Crippen LogP contribution in [0.25, 0.3) is 0 Å². The van der Waals surface area contributed by atoms with E-state index in [0.29, 0.717) is 26.1 Å². The molecule has 14 heavy (non-hydrogen) atoms. The Morgan fingerprint density at radius 3 is 3.07 bits per heavy atom. The molecule has 1 fully saturated rings. The summed E-state index contributed by atoms with van der Waals surface area (Å²) >= 11 is 3.26. The van der Waals surface area contributed by atoms with Crippen molar-refractivity contribution in [3.8, 4) is 0 Å². The zero-order valence-corrected chi connectivity index (χ0v) is 9.75. The van der Waals surface area contributed by atoms with Crippen molar-refractivity contribution in [2.75, 3.05) is 19.7 Å². The Balaban J connectivity index is 2.53. The second-order valence-electron chi connectivity index (χ2n) is 3.18. The molecule has 1 atom stereocenters. The van der Waals surface area contributed by atoms with E-state index < -0.39 is 0 Å². The Morgan fingerprint density at radius 2 is 2.43 bits per heavy atom. The number of nitrogens with zero attached hydrogens (tertiary/aromatic N) is 1. The number of likely N-dealkylation sites (tertiary alicyclic amines) is 1. The summed E-state index contributed by atoms with van der Waals surface area (Å²) in [6.45, 7) is 3.16. The number of rotatable bonds is 1. The van der Waals surface area contributed by atoms with E-state index in [1.165, 1.54) is 0 Å². The summed E-state index contributed by atoms with van der Waals surface area (Å²) in [7, 11) is 0. The summed E-state index contributed by atoms with van der Waals surface area (Å²) in [5.41, 5.74) is 0. The van der Waals surface area contributed by atoms with E-state index in [4.69, 9.17) is 4.74 Å². The first-order valence-electron chi connectivity index (χ1n) is 4.73. The Morgan fingerprint density at radius 1 is 1.71 bits per heavy atom. The quantitative estimate of drug-likeness (QED) is 0.675. The van der Waals surface area contributed by atoms with Crippen LogP contribution in [0.3, 0.4) is 0 Å². The fourth-order valence-corrected chi connectivity index (χ4v) is 1.95. The van der Waals surface area contributed by atoms with Crippen molar-refractivity contribution in [2.45, 2.75) is 24.6 Å². The van der Waals surface area contributed by atoms with Crippen LogP contribution >= 0.6 is 15.9 Å². The van der Waals surface area contributed by atoms with Crippen LogP contribution in [0.2, 0.25) is 0 Å². The maximum Gasteiger partial charge on any atom is 0.409 e. The summed E-state index contributed by atoms with van der Waals surface area (Å²) in [5, 5.41) is 0. The summed E-state index contributed by atoms with van der Waals surface area (Å²) in [6, 6.07) is 0. The molecule has 0 aromatic carbocycles. The maximum absolute atomic E-state index is 11.4. The number of hydrogen-bond acceptors (Lipinski definition) is 3. The monoisotopic (exact) mass is 263 g/mol. The van der Waals surface area contributed by atoms with Gasteiger partial charge in [-0.2, -0.15) is 0 Å². The molecular formula is C9H14BrNO3. The normalized spacial score (nSPS) is 23.1. The van der Waals surface area contributed by atoms with Gasteiger partial charge in [-0.05, 0) is 13.3 Å². The number of Topliss-reactive ketones (excluding diaryl/α,β-unsaturated/α-hetero) is 1. The molecule has 0 aliphatic carbocycles. The van der Waals surface area contributed by atoms with E-state index in [1.807, 2.05) is 0 Å². The number of carbonyl (C=O) groups is 2. The average molecular weight is 264 g/mol. The van der Waals surface area contributed by atoms with Crippen molar-refractivity contribution < 1.29 is 14.3 Å². The van der Waals surface area contributed by atoms with E-state index in [0.717, 1.165) is 6.42 Å². The van der Waals surface area contributed by atoms with Gasteiger partial charge in [0.05, 0.1) is 11.4 Å². The number of amides is 1. The zero-order valence-electron chi connectivity index (χ0n) is 8.16. The third kappa shape index (κ3) is 2.97. The van der Waals surface area contributed by atoms with E-state index >= 15 is 0 Å². The molecule has 1 saturated heterocycles. The van der Waals surface area contributed by atoms with Gasteiger partial charge in [0.2, 0.25) is 0 Å². The van der Waals surface area contributed by atoms with Crippen LogP contribution in [-0.2, 0) is 9.53 Å². The van der Waals surface area contributed by atoms with Crippen molar-refractivity contribution >= 4 is 27.8 Å². The fourth-order valence-electron chi connectivity index (χ4n) is 1.37. The number of halogens is 1. The van der Waals surface area contributed by atoms with E-state index in [9.17, 15) is 9.59 Å². The molecule has 0 bridgehead atoms. The highest BCUT2D eigenvalue weighted by atomic mass is 79.9. The van der Waals surface area contributed by atoms with Crippen molar-refractivity contribution in [3.63, 3.8) is 0 Å². The number of carbonyl (C=O) groups excluding carboxylic acids is 2. The second kappa shape index (κ2) is 5.34. The van der Waals surface area contributed by atoms with Gasteiger partial charge in [0.25, 0.3) is 0 Å². The molecule has 0 spiro atoms. The maximum atomic E-state index is 11.4. The molecule has 1 aliphatic heterocycles. The minimum Gasteiger partial charge on any atom is -0.450 e. The molecule has 0 N–H and O–H groups in total. The van der Waals surface area contributed by atoms with Crippen molar-refractivity contribution in [2.24, 2.45) is 0 Å². The van der Waals surface area contributed by atoms with Gasteiger partial charge in [0, 0.05) is 19.5 Å². The Hall–Kier alpha value is -0.580. The molecule has 1 unspecified atom stereocenters. The predicted molar refractivity (Wildman–Crippen MR) is 55.6 cm³/mol. The topological polar surface area (TPSA) is 46.6 Å². The van der Waals surface area contributed by atoms with Gasteiger partial charge in [-0.25, -0.2) is 4.79 Å². The highest BCUT2D eigenvalue weighted by Crippen LogP contribution is 2.14. The molecule has 5 heteroatoms. The Labute approximate surface area is 91.7 Å². The van der Waals surface area contributed by atoms with Gasteiger partial charge in [-0.1, -0.05) is 15.9 Å². The van der Waals surface area contributed by atoms with Crippen molar-refractivity contribution in [1.29, 1.82) is 0 Å². The summed E-state index contributed by atoms with van der Waals surface area (Å²) in [4.78, 5) is 24.0. The van der Waals surface area contributed by atoms with Gasteiger partial charge in [0.15, 0.2) is 0 Å². The van der Waals surface area contributed by atoms with Crippen LogP contribution in [-0.4, -0.2) is 41.3 Å². The third-order valence-corrected chi connectivity index (χ3v) is 2.91. The van der Waals surface area contributed by atoms with Gasteiger partial charge < -0.3 is 9.64 Å².